The third kappa shape index (κ3) is 5.59. The maximum Gasteiger partial charge on any atom is 0.238 e. The number of benzene rings is 1. The molecule has 10 heteroatoms. The first-order valence-electron chi connectivity index (χ1n) is 8.33. The summed E-state index contributed by atoms with van der Waals surface area (Å²) >= 11 is 1.40. The number of nitrogens with one attached hydrogen (secondary N) is 2. The summed E-state index contributed by atoms with van der Waals surface area (Å²) in [6.07, 6.45) is 0.148. The Morgan fingerprint density at radius 3 is 2.57 bits per heavy atom. The number of aryl methyl sites for hydroxylation is 1. The van der Waals surface area contributed by atoms with Gasteiger partial charge in [-0.2, -0.15) is 0 Å². The van der Waals surface area contributed by atoms with Gasteiger partial charge in [-0.05, 0) is 36.8 Å². The normalized spacial score (nSPS) is 11.2. The molecule has 0 aliphatic heterocycles. The number of carbonyl (C=O) groups is 1. The standard InChI is InChI=1S/C18H19N5O3S2/c1-12-3-2-4-16(21-12)23-18-22-14(11-27-18)9-17(24)20-10-13-5-7-15(8-6-13)28(19,25)26/h2-8,11H,9-10H2,1H3,(H,20,24)(H2,19,25,26)(H,21,22,23). The number of nitrogens with two attached hydrogens (primary N) is 1. The summed E-state index contributed by atoms with van der Waals surface area (Å²) in [6, 6.07) is 11.7. The van der Waals surface area contributed by atoms with Crippen molar-refractivity contribution in [3.63, 3.8) is 0 Å². The highest BCUT2D eigenvalue weighted by Crippen LogP contribution is 2.20. The highest BCUT2D eigenvalue weighted by atomic mass is 32.2. The minimum atomic E-state index is -3.72. The summed E-state index contributed by atoms with van der Waals surface area (Å²) in [4.78, 5) is 20.9. The lowest BCUT2D eigenvalue weighted by Gasteiger charge is -2.05. The minimum Gasteiger partial charge on any atom is -0.352 e. The van der Waals surface area contributed by atoms with E-state index in [0.29, 0.717) is 16.6 Å². The molecule has 1 aromatic carbocycles. The van der Waals surface area contributed by atoms with Crippen LogP contribution in [0.1, 0.15) is 17.0 Å². The molecule has 3 rings (SSSR count). The number of primary sulfonamides is 1. The van der Waals surface area contributed by atoms with Gasteiger partial charge in [-0.1, -0.05) is 18.2 Å². The summed E-state index contributed by atoms with van der Waals surface area (Å²) in [5.41, 5.74) is 2.33. The Bertz CT molecular complexity index is 1080. The van der Waals surface area contributed by atoms with Crippen LogP contribution in [0.15, 0.2) is 52.7 Å². The molecule has 0 atom stereocenters. The molecular formula is C18H19N5O3S2. The average Bonchev–Trinajstić information content (AvgIpc) is 3.06. The number of anilines is 2. The van der Waals surface area contributed by atoms with Gasteiger partial charge in [0.1, 0.15) is 5.82 Å². The molecule has 0 radical (unpaired) electrons. The number of rotatable bonds is 7. The van der Waals surface area contributed by atoms with E-state index in [9.17, 15) is 13.2 Å². The van der Waals surface area contributed by atoms with Crippen LogP contribution in [0.5, 0.6) is 0 Å². The van der Waals surface area contributed by atoms with Crippen LogP contribution in [0, 0.1) is 6.92 Å². The smallest absolute Gasteiger partial charge is 0.238 e. The van der Waals surface area contributed by atoms with Gasteiger partial charge in [0.2, 0.25) is 15.9 Å². The zero-order chi connectivity index (χ0) is 20.1. The zero-order valence-electron chi connectivity index (χ0n) is 15.0. The maximum atomic E-state index is 12.1. The van der Waals surface area contributed by atoms with Crippen LogP contribution in [0.2, 0.25) is 0 Å². The van der Waals surface area contributed by atoms with Crippen molar-refractivity contribution in [1.29, 1.82) is 0 Å². The predicted molar refractivity (Wildman–Crippen MR) is 108 cm³/mol. The van der Waals surface area contributed by atoms with E-state index < -0.39 is 10.0 Å². The van der Waals surface area contributed by atoms with Gasteiger partial charge in [0.15, 0.2) is 5.13 Å². The van der Waals surface area contributed by atoms with Crippen molar-refractivity contribution in [2.45, 2.75) is 24.8 Å². The second kappa shape index (κ2) is 8.46. The molecule has 0 unspecified atom stereocenters. The van der Waals surface area contributed by atoms with E-state index in [-0.39, 0.29) is 23.8 Å². The number of pyridine rings is 1. The number of thiazole rings is 1. The van der Waals surface area contributed by atoms with Gasteiger partial charge < -0.3 is 10.6 Å². The molecule has 3 aromatic rings. The van der Waals surface area contributed by atoms with Crippen LogP contribution in [-0.2, 0) is 27.8 Å². The van der Waals surface area contributed by atoms with E-state index in [1.54, 1.807) is 12.1 Å². The van der Waals surface area contributed by atoms with E-state index in [0.717, 1.165) is 11.3 Å². The van der Waals surface area contributed by atoms with Gasteiger partial charge in [-0.3, -0.25) is 4.79 Å². The predicted octanol–water partition coefficient (Wildman–Crippen LogP) is 2.10. The lowest BCUT2D eigenvalue weighted by atomic mass is 10.2. The van der Waals surface area contributed by atoms with Gasteiger partial charge in [-0.15, -0.1) is 11.3 Å². The largest absolute Gasteiger partial charge is 0.352 e. The summed E-state index contributed by atoms with van der Waals surface area (Å²) < 4.78 is 22.5. The number of nitrogens with zero attached hydrogens (tertiary/aromatic N) is 2. The van der Waals surface area contributed by atoms with Crippen molar-refractivity contribution in [3.8, 4) is 0 Å². The van der Waals surface area contributed by atoms with Crippen molar-refractivity contribution in [2.75, 3.05) is 5.32 Å². The molecule has 0 bridgehead atoms. The molecule has 2 aromatic heterocycles. The van der Waals surface area contributed by atoms with Crippen LogP contribution in [0.25, 0.3) is 0 Å². The number of sulfonamides is 1. The van der Waals surface area contributed by atoms with Crippen molar-refractivity contribution in [2.24, 2.45) is 5.14 Å². The van der Waals surface area contributed by atoms with Gasteiger partial charge in [0.05, 0.1) is 17.0 Å². The fraction of sp³-hybridized carbons (Fsp3) is 0.167. The van der Waals surface area contributed by atoms with Crippen molar-refractivity contribution >= 4 is 38.2 Å². The minimum absolute atomic E-state index is 0.0354. The highest BCUT2D eigenvalue weighted by Gasteiger charge is 2.10. The zero-order valence-corrected chi connectivity index (χ0v) is 16.7. The number of hydrogen-bond donors (Lipinski definition) is 3. The van der Waals surface area contributed by atoms with Gasteiger partial charge in [-0.25, -0.2) is 23.5 Å². The Morgan fingerprint density at radius 1 is 1.14 bits per heavy atom. The lowest BCUT2D eigenvalue weighted by Crippen LogP contribution is -2.24. The fourth-order valence-corrected chi connectivity index (χ4v) is 3.63. The van der Waals surface area contributed by atoms with Crippen molar-refractivity contribution in [3.05, 3.63) is 64.8 Å². The second-order valence-corrected chi connectivity index (χ2v) is 8.50. The molecule has 0 saturated heterocycles. The summed E-state index contributed by atoms with van der Waals surface area (Å²) in [6.45, 7) is 2.19. The molecule has 0 aliphatic carbocycles. The topological polar surface area (TPSA) is 127 Å². The van der Waals surface area contributed by atoms with Crippen LogP contribution < -0.4 is 15.8 Å². The first-order chi connectivity index (χ1) is 13.3. The number of hydrogen-bond acceptors (Lipinski definition) is 7. The Morgan fingerprint density at radius 2 is 1.89 bits per heavy atom. The Kier molecular flexibility index (Phi) is 6.02. The van der Waals surface area contributed by atoms with E-state index in [4.69, 9.17) is 5.14 Å². The summed E-state index contributed by atoms with van der Waals surface area (Å²) in [7, 11) is -3.72. The molecule has 0 aliphatic rings. The first kappa shape index (κ1) is 19.9. The Balaban J connectivity index is 1.52. The summed E-state index contributed by atoms with van der Waals surface area (Å²) in [5.74, 6) is 0.523. The highest BCUT2D eigenvalue weighted by molar-refractivity contribution is 7.89. The van der Waals surface area contributed by atoms with Crippen LogP contribution >= 0.6 is 11.3 Å². The van der Waals surface area contributed by atoms with E-state index in [2.05, 4.69) is 20.6 Å². The monoisotopic (exact) mass is 417 g/mol. The SMILES string of the molecule is Cc1cccc(Nc2nc(CC(=O)NCc3ccc(S(N)(=O)=O)cc3)cs2)n1. The molecule has 146 valence electrons. The molecule has 28 heavy (non-hydrogen) atoms. The third-order valence-corrected chi connectivity index (χ3v) is 5.49. The molecular weight excluding hydrogens is 398 g/mol. The molecule has 2 heterocycles. The van der Waals surface area contributed by atoms with Gasteiger partial charge in [0, 0.05) is 17.6 Å². The fourth-order valence-electron chi connectivity index (χ4n) is 2.39. The van der Waals surface area contributed by atoms with Crippen molar-refractivity contribution < 1.29 is 13.2 Å². The number of carbonyl (C=O) groups excluding carboxylic acids is 1. The Hall–Kier alpha value is -2.82. The molecule has 4 N–H and O–H groups in total. The van der Waals surface area contributed by atoms with Gasteiger partial charge >= 0.3 is 0 Å². The number of aromatic nitrogens is 2. The molecule has 8 nitrogen and oxygen atoms in total. The van der Waals surface area contributed by atoms with Gasteiger partial charge in [0.25, 0.3) is 0 Å². The Labute approximate surface area is 166 Å². The lowest BCUT2D eigenvalue weighted by molar-refractivity contribution is -0.120. The van der Waals surface area contributed by atoms with Crippen molar-refractivity contribution in [1.82, 2.24) is 15.3 Å². The van der Waals surface area contributed by atoms with Crippen LogP contribution in [-0.4, -0.2) is 24.3 Å². The van der Waals surface area contributed by atoms with Crippen LogP contribution in [0.3, 0.4) is 0 Å². The first-order valence-corrected chi connectivity index (χ1v) is 10.8. The second-order valence-electron chi connectivity index (χ2n) is 6.08. The molecule has 0 spiro atoms. The average molecular weight is 418 g/mol. The van der Waals surface area contributed by atoms with E-state index in [1.165, 1.54) is 23.5 Å². The van der Waals surface area contributed by atoms with E-state index in [1.807, 2.05) is 30.5 Å². The van der Waals surface area contributed by atoms with E-state index >= 15 is 0 Å². The summed E-state index contributed by atoms with van der Waals surface area (Å²) in [5, 5.41) is 13.4. The molecule has 0 saturated carbocycles. The quantitative estimate of drug-likeness (QED) is 0.540. The number of amides is 1. The molecule has 1 amide bonds. The molecule has 0 fully saturated rings. The van der Waals surface area contributed by atoms with Crippen LogP contribution in [0.4, 0.5) is 10.9 Å². The third-order valence-electron chi connectivity index (χ3n) is 3.76. The maximum absolute atomic E-state index is 12.1.